The van der Waals surface area contributed by atoms with E-state index in [1.807, 2.05) is 0 Å². The van der Waals surface area contributed by atoms with Gasteiger partial charge in [0.15, 0.2) is 0 Å². The molecule has 0 saturated carbocycles. The van der Waals surface area contributed by atoms with E-state index < -0.39 is 16.1 Å². The lowest BCUT2D eigenvalue weighted by molar-refractivity contribution is 0.0746. The normalized spacial score (nSPS) is 11.1. The standard InChI is InChI=1S/C13H10ClNO4S/c14-10-6-4-9(5-7-10)13(16)19-20(17,18)12-3-1-2-11(15)8-12/h1-8H,15H2. The lowest BCUT2D eigenvalue weighted by Crippen LogP contribution is -2.13. The second kappa shape index (κ2) is 5.52. The first-order chi connectivity index (χ1) is 9.38. The van der Waals surface area contributed by atoms with Crippen LogP contribution in [0, 0.1) is 0 Å². The van der Waals surface area contributed by atoms with Gasteiger partial charge in [-0.3, -0.25) is 0 Å². The van der Waals surface area contributed by atoms with Gasteiger partial charge in [-0.05, 0) is 42.5 Å². The van der Waals surface area contributed by atoms with E-state index in [0.717, 1.165) is 0 Å². The van der Waals surface area contributed by atoms with Crippen LogP contribution in [0.15, 0.2) is 53.4 Å². The maximum Gasteiger partial charge on any atom is 0.354 e. The van der Waals surface area contributed by atoms with Gasteiger partial charge in [0.1, 0.15) is 4.90 Å². The first kappa shape index (κ1) is 14.4. The number of carbonyl (C=O) groups excluding carboxylic acids is 1. The average Bonchev–Trinajstić information content (AvgIpc) is 2.39. The van der Waals surface area contributed by atoms with E-state index in [-0.39, 0.29) is 16.1 Å². The summed E-state index contributed by atoms with van der Waals surface area (Å²) in [5.74, 6) is -0.982. The van der Waals surface area contributed by atoms with Gasteiger partial charge in [-0.1, -0.05) is 17.7 Å². The fraction of sp³-hybridized carbons (Fsp3) is 0. The zero-order valence-electron chi connectivity index (χ0n) is 10.1. The second-order valence-electron chi connectivity index (χ2n) is 3.90. The Hall–Kier alpha value is -2.05. The molecule has 7 heteroatoms. The van der Waals surface area contributed by atoms with Crippen LogP contribution < -0.4 is 5.73 Å². The number of hydrogen-bond acceptors (Lipinski definition) is 5. The first-order valence-corrected chi connectivity index (χ1v) is 7.27. The minimum absolute atomic E-state index is 0.0851. The Kier molecular flexibility index (Phi) is 3.96. The number of rotatable bonds is 3. The molecule has 0 unspecified atom stereocenters. The van der Waals surface area contributed by atoms with Gasteiger partial charge in [-0.25, -0.2) is 4.79 Å². The lowest BCUT2D eigenvalue weighted by Gasteiger charge is -2.06. The molecule has 20 heavy (non-hydrogen) atoms. The Morgan fingerprint density at radius 3 is 2.35 bits per heavy atom. The number of nitrogen functional groups attached to an aromatic ring is 1. The molecule has 2 rings (SSSR count). The Bertz CT molecular complexity index is 741. The molecule has 0 spiro atoms. The zero-order valence-corrected chi connectivity index (χ0v) is 11.7. The molecular formula is C13H10ClNO4S. The van der Waals surface area contributed by atoms with Crippen molar-refractivity contribution in [1.29, 1.82) is 0 Å². The number of anilines is 1. The minimum Gasteiger partial charge on any atom is -0.399 e. The maximum absolute atomic E-state index is 11.9. The van der Waals surface area contributed by atoms with Gasteiger partial charge in [0.25, 0.3) is 0 Å². The highest BCUT2D eigenvalue weighted by atomic mass is 35.5. The van der Waals surface area contributed by atoms with E-state index in [2.05, 4.69) is 4.18 Å². The van der Waals surface area contributed by atoms with Crippen LogP contribution in [-0.4, -0.2) is 14.4 Å². The van der Waals surface area contributed by atoms with Crippen LogP contribution in [0.25, 0.3) is 0 Å². The summed E-state index contributed by atoms with van der Waals surface area (Å²) in [5.41, 5.74) is 5.84. The molecule has 104 valence electrons. The van der Waals surface area contributed by atoms with Crippen molar-refractivity contribution in [2.75, 3.05) is 5.73 Å². The van der Waals surface area contributed by atoms with E-state index in [1.165, 1.54) is 48.5 Å². The molecule has 0 amide bonds. The third kappa shape index (κ3) is 3.28. The van der Waals surface area contributed by atoms with Crippen LogP contribution in [0.4, 0.5) is 5.69 Å². The van der Waals surface area contributed by atoms with Crippen molar-refractivity contribution in [1.82, 2.24) is 0 Å². The monoisotopic (exact) mass is 311 g/mol. The molecule has 2 aromatic carbocycles. The molecule has 0 atom stereocenters. The summed E-state index contributed by atoms with van der Waals surface area (Å²) in [6.07, 6.45) is 0. The molecule has 2 N–H and O–H groups in total. The fourth-order valence-electron chi connectivity index (χ4n) is 1.45. The molecule has 0 aliphatic heterocycles. The fourth-order valence-corrected chi connectivity index (χ4v) is 2.50. The summed E-state index contributed by atoms with van der Waals surface area (Å²) in [6.45, 7) is 0. The van der Waals surface area contributed by atoms with Crippen molar-refractivity contribution in [3.63, 3.8) is 0 Å². The summed E-state index contributed by atoms with van der Waals surface area (Å²) in [6, 6.07) is 11.2. The van der Waals surface area contributed by atoms with Crippen molar-refractivity contribution < 1.29 is 17.4 Å². The predicted molar refractivity (Wildman–Crippen MR) is 74.9 cm³/mol. The van der Waals surface area contributed by atoms with E-state index in [9.17, 15) is 13.2 Å². The highest BCUT2D eigenvalue weighted by molar-refractivity contribution is 7.87. The van der Waals surface area contributed by atoms with E-state index in [1.54, 1.807) is 0 Å². The third-order valence-corrected chi connectivity index (χ3v) is 3.87. The van der Waals surface area contributed by atoms with Gasteiger partial charge in [0.05, 0.1) is 5.56 Å². The maximum atomic E-state index is 11.9. The summed E-state index contributed by atoms with van der Waals surface area (Å²) in [5, 5.41) is 0.431. The van der Waals surface area contributed by atoms with Crippen LogP contribution in [-0.2, 0) is 14.3 Å². The zero-order chi connectivity index (χ0) is 14.8. The van der Waals surface area contributed by atoms with E-state index in [0.29, 0.717) is 5.02 Å². The quantitative estimate of drug-likeness (QED) is 0.695. The highest BCUT2D eigenvalue weighted by Gasteiger charge is 2.21. The average molecular weight is 312 g/mol. The summed E-state index contributed by atoms with van der Waals surface area (Å²) in [7, 11) is -4.20. The molecule has 0 aliphatic carbocycles. The molecule has 0 heterocycles. The van der Waals surface area contributed by atoms with Crippen LogP contribution in [0.1, 0.15) is 10.4 Å². The van der Waals surface area contributed by atoms with Crippen molar-refractivity contribution in [3.8, 4) is 0 Å². The summed E-state index contributed by atoms with van der Waals surface area (Å²) < 4.78 is 28.4. The van der Waals surface area contributed by atoms with Gasteiger partial charge >= 0.3 is 16.1 Å². The highest BCUT2D eigenvalue weighted by Crippen LogP contribution is 2.18. The largest absolute Gasteiger partial charge is 0.399 e. The second-order valence-corrected chi connectivity index (χ2v) is 5.89. The Labute approximate surface area is 121 Å². The number of halogens is 1. The van der Waals surface area contributed by atoms with Crippen LogP contribution in [0.5, 0.6) is 0 Å². The van der Waals surface area contributed by atoms with Gasteiger partial charge in [0, 0.05) is 10.7 Å². The summed E-state index contributed by atoms with van der Waals surface area (Å²) >= 11 is 5.68. The van der Waals surface area contributed by atoms with Crippen LogP contribution >= 0.6 is 11.6 Å². The molecule has 2 aromatic rings. The summed E-state index contributed by atoms with van der Waals surface area (Å²) in [4.78, 5) is 11.6. The molecule has 0 bridgehead atoms. The van der Waals surface area contributed by atoms with Crippen molar-refractivity contribution in [3.05, 3.63) is 59.1 Å². The van der Waals surface area contributed by atoms with Gasteiger partial charge in [-0.2, -0.15) is 8.42 Å². The van der Waals surface area contributed by atoms with Gasteiger partial charge < -0.3 is 9.92 Å². The lowest BCUT2D eigenvalue weighted by atomic mass is 10.2. The SMILES string of the molecule is Nc1cccc(S(=O)(=O)OC(=O)c2ccc(Cl)cc2)c1. The molecule has 5 nitrogen and oxygen atoms in total. The molecule has 0 saturated heterocycles. The third-order valence-electron chi connectivity index (χ3n) is 2.41. The number of benzene rings is 2. The van der Waals surface area contributed by atoms with E-state index >= 15 is 0 Å². The van der Waals surface area contributed by atoms with E-state index in [4.69, 9.17) is 17.3 Å². The predicted octanol–water partition coefficient (Wildman–Crippen LogP) is 2.47. The number of nitrogens with two attached hydrogens (primary N) is 1. The molecule has 0 fully saturated rings. The first-order valence-electron chi connectivity index (χ1n) is 5.48. The van der Waals surface area contributed by atoms with Crippen molar-refractivity contribution in [2.45, 2.75) is 4.90 Å². The van der Waals surface area contributed by atoms with Crippen LogP contribution in [0.2, 0.25) is 5.02 Å². The molecule has 0 aromatic heterocycles. The van der Waals surface area contributed by atoms with Gasteiger partial charge in [0.2, 0.25) is 0 Å². The smallest absolute Gasteiger partial charge is 0.354 e. The topological polar surface area (TPSA) is 86.5 Å². The number of hydrogen-bond donors (Lipinski definition) is 1. The van der Waals surface area contributed by atoms with Gasteiger partial charge in [-0.15, -0.1) is 0 Å². The Morgan fingerprint density at radius 2 is 1.75 bits per heavy atom. The molecule has 0 radical (unpaired) electrons. The minimum atomic E-state index is -4.20. The molecule has 0 aliphatic rings. The number of carbonyl (C=O) groups is 1. The van der Waals surface area contributed by atoms with Crippen molar-refractivity contribution >= 4 is 33.4 Å². The Morgan fingerprint density at radius 1 is 1.10 bits per heavy atom. The van der Waals surface area contributed by atoms with Crippen LogP contribution in [0.3, 0.4) is 0 Å². The Balaban J connectivity index is 2.24. The molecular weight excluding hydrogens is 302 g/mol. The van der Waals surface area contributed by atoms with Crippen molar-refractivity contribution in [2.24, 2.45) is 0 Å².